The van der Waals surface area contributed by atoms with Gasteiger partial charge in [-0.1, -0.05) is 24.8 Å². The van der Waals surface area contributed by atoms with Gasteiger partial charge in [-0.05, 0) is 12.1 Å². The van der Waals surface area contributed by atoms with Gasteiger partial charge in [-0.3, -0.25) is 23.6 Å². The Kier molecular flexibility index (Phi) is 25.6. The second kappa shape index (κ2) is 13.9. The van der Waals surface area contributed by atoms with E-state index in [0.717, 1.165) is 0 Å². The van der Waals surface area contributed by atoms with Gasteiger partial charge >= 0.3 is 0 Å². The van der Waals surface area contributed by atoms with Gasteiger partial charge in [-0.2, -0.15) is 0 Å². The van der Waals surface area contributed by atoms with Gasteiger partial charge in [0, 0.05) is 6.92 Å². The summed E-state index contributed by atoms with van der Waals surface area (Å²) in [5.41, 5.74) is 0.704. The van der Waals surface area contributed by atoms with Crippen molar-refractivity contribution in [3.05, 3.63) is 24.3 Å². The molecule has 0 unspecified atom stereocenters. The minimum Gasteiger partial charge on any atom is -0.325 e. The molecule has 1 rings (SSSR count). The molecule has 0 saturated heterocycles. The third kappa shape index (κ3) is 9.47. The summed E-state index contributed by atoms with van der Waals surface area (Å²) in [4.78, 5) is 11.3. The highest BCUT2D eigenvalue weighted by molar-refractivity contribution is 7.80. The van der Waals surface area contributed by atoms with Gasteiger partial charge in [-0.15, -0.1) is 12.4 Å². The smallest absolute Gasteiger partial charge is 0.221 e. The Hall–Kier alpha value is -1.08. The first-order chi connectivity index (χ1) is 5.20. The minimum absolute atomic E-state index is 0. The third-order valence-corrected chi connectivity index (χ3v) is 1.55. The standard InChI is InChI=1S/C8H8NOS.ClH.4FH/c1-6(10)9-7-4-2-3-5-8(7)11;;;;;/h2-5H,1H3,(H,9,10);5*1H. The molecule has 2 nitrogen and oxygen atoms in total. The van der Waals surface area contributed by atoms with Crippen molar-refractivity contribution >= 4 is 36.6 Å². The molecule has 0 spiro atoms. The molecule has 97 valence electrons. The van der Waals surface area contributed by atoms with Crippen LogP contribution in [0, 0.1) is 0 Å². The van der Waals surface area contributed by atoms with Crippen LogP contribution in [-0.4, -0.2) is 5.91 Å². The monoisotopic (exact) mass is 282 g/mol. The molecule has 1 amide bonds. The summed E-state index contributed by atoms with van der Waals surface area (Å²) in [6.07, 6.45) is 0. The molecule has 0 aliphatic carbocycles. The highest BCUT2D eigenvalue weighted by Crippen LogP contribution is 2.17. The van der Waals surface area contributed by atoms with Crippen LogP contribution in [0.1, 0.15) is 6.92 Å². The number of carbonyl (C=O) groups excluding carboxylic acids is 1. The number of hydrogen-bond acceptors (Lipinski definition) is 1. The Morgan fingerprint density at radius 3 is 1.94 bits per heavy atom. The summed E-state index contributed by atoms with van der Waals surface area (Å²) in [6.45, 7) is 1.46. The van der Waals surface area contributed by atoms with Crippen molar-refractivity contribution in [2.24, 2.45) is 0 Å². The number of halogens is 5. The molecule has 0 saturated carbocycles. The molecular formula is C8H13ClF4NOS. The summed E-state index contributed by atoms with van der Waals surface area (Å²) in [5, 5.41) is 2.63. The Labute approximate surface area is 102 Å². The Morgan fingerprint density at radius 2 is 1.56 bits per heavy atom. The maximum Gasteiger partial charge on any atom is 0.221 e. The number of nitrogens with one attached hydrogen (secondary N) is 1. The van der Waals surface area contributed by atoms with Crippen molar-refractivity contribution in [1.82, 2.24) is 0 Å². The van der Waals surface area contributed by atoms with Crippen LogP contribution in [0.3, 0.4) is 0 Å². The van der Waals surface area contributed by atoms with Crippen LogP contribution in [0.15, 0.2) is 29.2 Å². The molecule has 0 bridgehead atoms. The van der Waals surface area contributed by atoms with Crippen molar-refractivity contribution in [3.8, 4) is 0 Å². The normalized spacial score (nSPS) is 6.31. The van der Waals surface area contributed by atoms with Crippen LogP contribution in [0.4, 0.5) is 24.5 Å². The molecule has 0 heterocycles. The van der Waals surface area contributed by atoms with Crippen molar-refractivity contribution in [2.75, 3.05) is 5.32 Å². The molecule has 16 heavy (non-hydrogen) atoms. The number of benzene rings is 1. The van der Waals surface area contributed by atoms with Crippen molar-refractivity contribution in [3.63, 3.8) is 0 Å². The first-order valence-corrected chi connectivity index (χ1v) is 3.64. The first kappa shape index (κ1) is 29.4. The fourth-order valence-corrected chi connectivity index (χ4v) is 0.957. The molecule has 1 radical (unpaired) electrons. The number of anilines is 1. The van der Waals surface area contributed by atoms with Gasteiger partial charge in [-0.25, -0.2) is 0 Å². The number of para-hydroxylation sites is 1. The quantitative estimate of drug-likeness (QED) is 0.787. The van der Waals surface area contributed by atoms with E-state index in [1.807, 2.05) is 12.1 Å². The van der Waals surface area contributed by atoms with E-state index in [0.29, 0.717) is 10.6 Å². The average molecular weight is 283 g/mol. The van der Waals surface area contributed by atoms with Crippen LogP contribution >= 0.6 is 25.0 Å². The molecule has 0 atom stereocenters. The maximum atomic E-state index is 10.6. The molecule has 0 fully saturated rings. The third-order valence-electron chi connectivity index (χ3n) is 1.20. The topological polar surface area (TPSA) is 29.1 Å². The maximum absolute atomic E-state index is 10.6. The molecule has 0 aliphatic heterocycles. The van der Waals surface area contributed by atoms with Gasteiger partial charge in [0.15, 0.2) is 0 Å². The van der Waals surface area contributed by atoms with Gasteiger partial charge in [0.2, 0.25) is 5.91 Å². The lowest BCUT2D eigenvalue weighted by Gasteiger charge is -2.02. The number of amides is 1. The lowest BCUT2D eigenvalue weighted by molar-refractivity contribution is -0.114. The van der Waals surface area contributed by atoms with E-state index in [1.54, 1.807) is 12.1 Å². The van der Waals surface area contributed by atoms with Crippen molar-refractivity contribution in [2.45, 2.75) is 11.8 Å². The lowest BCUT2D eigenvalue weighted by atomic mass is 10.3. The Balaban J connectivity index is -0.0000000807. The highest BCUT2D eigenvalue weighted by atomic mass is 35.5. The van der Waals surface area contributed by atoms with E-state index in [4.69, 9.17) is 12.6 Å². The molecule has 8 heteroatoms. The lowest BCUT2D eigenvalue weighted by Crippen LogP contribution is -2.05. The Bertz CT molecular complexity index is 290. The van der Waals surface area contributed by atoms with Crippen LogP contribution in [-0.2, 0) is 4.79 Å². The zero-order valence-corrected chi connectivity index (χ0v) is 9.80. The van der Waals surface area contributed by atoms with E-state index in [9.17, 15) is 4.79 Å². The number of hydrogen-bond donors (Lipinski definition) is 1. The van der Waals surface area contributed by atoms with Gasteiger partial charge in [0.25, 0.3) is 0 Å². The van der Waals surface area contributed by atoms with E-state index in [2.05, 4.69) is 5.32 Å². The van der Waals surface area contributed by atoms with Crippen LogP contribution in [0.2, 0.25) is 0 Å². The molecule has 1 N–H and O–H groups in total. The van der Waals surface area contributed by atoms with Gasteiger partial charge in [0.1, 0.15) is 0 Å². The van der Waals surface area contributed by atoms with E-state index in [1.165, 1.54) is 6.92 Å². The van der Waals surface area contributed by atoms with E-state index in [-0.39, 0.29) is 37.1 Å². The molecule has 1 aromatic carbocycles. The minimum atomic E-state index is -0.0951. The summed E-state index contributed by atoms with van der Waals surface area (Å²) < 4.78 is 0. The second-order valence-corrected chi connectivity index (χ2v) is 2.62. The number of rotatable bonds is 1. The molecular weight excluding hydrogens is 270 g/mol. The SMILES string of the molecule is CC(=O)Nc1ccccc1[S].Cl.F.F.F.F. The fourth-order valence-electron chi connectivity index (χ4n) is 0.760. The van der Waals surface area contributed by atoms with Gasteiger partial charge < -0.3 is 5.32 Å². The predicted octanol–water partition coefficient (Wildman–Crippen LogP) is 3.23. The van der Waals surface area contributed by atoms with Crippen LogP contribution in [0.25, 0.3) is 0 Å². The van der Waals surface area contributed by atoms with Crippen LogP contribution in [0.5, 0.6) is 0 Å². The predicted molar refractivity (Wildman–Crippen MR) is 63.9 cm³/mol. The highest BCUT2D eigenvalue weighted by Gasteiger charge is 1.98. The van der Waals surface area contributed by atoms with Gasteiger partial charge in [0.05, 0.1) is 10.6 Å². The van der Waals surface area contributed by atoms with E-state index < -0.39 is 0 Å². The Morgan fingerprint density at radius 1 is 1.12 bits per heavy atom. The molecule has 1 aromatic rings. The van der Waals surface area contributed by atoms with Crippen molar-refractivity contribution < 1.29 is 23.6 Å². The second-order valence-electron chi connectivity index (χ2n) is 2.18. The fraction of sp³-hybridized carbons (Fsp3) is 0.125. The molecule has 0 aromatic heterocycles. The van der Waals surface area contributed by atoms with E-state index >= 15 is 0 Å². The first-order valence-electron chi connectivity index (χ1n) is 3.24. The molecule has 0 aliphatic rings. The zero-order chi connectivity index (χ0) is 8.27. The number of carbonyl (C=O) groups is 1. The summed E-state index contributed by atoms with van der Waals surface area (Å²) in [5.74, 6) is -0.0951. The summed E-state index contributed by atoms with van der Waals surface area (Å²) in [7, 11) is 0. The summed E-state index contributed by atoms with van der Waals surface area (Å²) >= 11 is 4.96. The average Bonchev–Trinajstić information content (AvgIpc) is 1.93. The largest absolute Gasteiger partial charge is 0.325 e. The summed E-state index contributed by atoms with van der Waals surface area (Å²) in [6, 6.07) is 7.24. The zero-order valence-electron chi connectivity index (χ0n) is 8.17. The van der Waals surface area contributed by atoms with Crippen molar-refractivity contribution in [1.29, 1.82) is 0 Å². The van der Waals surface area contributed by atoms with Crippen LogP contribution < -0.4 is 5.32 Å².